The van der Waals surface area contributed by atoms with Crippen molar-refractivity contribution in [3.8, 4) is 0 Å². The van der Waals surface area contributed by atoms with E-state index in [-0.39, 0.29) is 10.9 Å². The third-order valence-electron chi connectivity index (χ3n) is 3.06. The van der Waals surface area contributed by atoms with Crippen LogP contribution < -0.4 is 0 Å². The number of fused-ring (bicyclic) bond motifs is 1. The van der Waals surface area contributed by atoms with E-state index >= 15 is 0 Å². The third-order valence-corrected chi connectivity index (χ3v) is 4.50. The number of sulfone groups is 1. The van der Waals surface area contributed by atoms with E-state index in [1.54, 1.807) is 12.1 Å². The normalized spacial score (nSPS) is 13.6. The Labute approximate surface area is 117 Å². The van der Waals surface area contributed by atoms with Crippen molar-refractivity contribution < 1.29 is 8.42 Å². The van der Waals surface area contributed by atoms with E-state index in [9.17, 15) is 8.42 Å². The van der Waals surface area contributed by atoms with Crippen molar-refractivity contribution >= 4 is 33.1 Å². The van der Waals surface area contributed by atoms with Crippen LogP contribution in [0.5, 0.6) is 0 Å². The van der Waals surface area contributed by atoms with Gasteiger partial charge < -0.3 is 9.55 Å². The van der Waals surface area contributed by atoms with Crippen LogP contribution in [0.3, 0.4) is 0 Å². The Morgan fingerprint density at radius 2 is 2.21 bits per heavy atom. The third kappa shape index (κ3) is 2.50. The minimum Gasteiger partial charge on any atom is -0.329 e. The van der Waals surface area contributed by atoms with Gasteiger partial charge in [-0.05, 0) is 37.7 Å². The first-order valence-electron chi connectivity index (χ1n) is 5.90. The van der Waals surface area contributed by atoms with Crippen LogP contribution in [0.2, 0.25) is 0 Å². The minimum absolute atomic E-state index is 0.133. The first-order valence-corrected chi connectivity index (χ1v) is 8.20. The van der Waals surface area contributed by atoms with Crippen LogP contribution in [-0.4, -0.2) is 24.2 Å². The quantitative estimate of drug-likeness (QED) is 0.696. The van der Waals surface area contributed by atoms with Crippen LogP contribution in [-0.2, 0) is 9.84 Å². The molecule has 1 atom stereocenters. The predicted molar refractivity (Wildman–Crippen MR) is 79.8 cm³/mol. The number of aromatic nitrogens is 2. The van der Waals surface area contributed by atoms with Gasteiger partial charge >= 0.3 is 0 Å². The fourth-order valence-corrected chi connectivity index (χ4v) is 3.45. The summed E-state index contributed by atoms with van der Waals surface area (Å²) in [7, 11) is -3.28. The van der Waals surface area contributed by atoms with Gasteiger partial charge in [0.25, 0.3) is 0 Å². The van der Waals surface area contributed by atoms with Gasteiger partial charge in [-0.15, -0.1) is 6.58 Å². The van der Waals surface area contributed by atoms with E-state index in [1.165, 1.54) is 6.26 Å². The van der Waals surface area contributed by atoms with Gasteiger partial charge in [0.15, 0.2) is 14.6 Å². The standard InChI is InChI=1S/C13H16N2O2S2/c1-4-6-9(2)15-10-7-5-8-11(19(3,16)17)12(10)14-13(15)18/h4-5,7-9H,1,6H2,2-3H3,(H,14,18). The zero-order chi connectivity index (χ0) is 14.2. The van der Waals surface area contributed by atoms with E-state index in [4.69, 9.17) is 12.2 Å². The second-order valence-corrected chi connectivity index (χ2v) is 6.97. The fourth-order valence-electron chi connectivity index (χ4n) is 2.22. The van der Waals surface area contributed by atoms with Gasteiger partial charge in [0.1, 0.15) is 0 Å². The van der Waals surface area contributed by atoms with Crippen molar-refractivity contribution in [2.45, 2.75) is 24.3 Å². The first-order chi connectivity index (χ1) is 8.86. The molecule has 19 heavy (non-hydrogen) atoms. The molecule has 102 valence electrons. The molecule has 0 fully saturated rings. The molecule has 6 heteroatoms. The molecule has 0 aliphatic carbocycles. The zero-order valence-corrected chi connectivity index (χ0v) is 12.5. The molecule has 1 unspecified atom stereocenters. The predicted octanol–water partition coefficient (Wildman–Crippen LogP) is 3.24. The average molecular weight is 296 g/mol. The van der Waals surface area contributed by atoms with Crippen LogP contribution in [0.4, 0.5) is 0 Å². The molecule has 0 spiro atoms. The van der Waals surface area contributed by atoms with Crippen molar-refractivity contribution in [1.82, 2.24) is 9.55 Å². The maximum Gasteiger partial charge on any atom is 0.178 e. The largest absolute Gasteiger partial charge is 0.329 e. The summed E-state index contributed by atoms with van der Waals surface area (Å²) in [5.41, 5.74) is 1.38. The lowest BCUT2D eigenvalue weighted by molar-refractivity contribution is 0.563. The number of nitrogens with one attached hydrogen (secondary N) is 1. The van der Waals surface area contributed by atoms with E-state index in [0.29, 0.717) is 10.3 Å². The van der Waals surface area contributed by atoms with Crippen molar-refractivity contribution in [3.63, 3.8) is 0 Å². The molecule has 2 rings (SSSR count). The Hall–Kier alpha value is -1.40. The summed E-state index contributed by atoms with van der Waals surface area (Å²) in [6.07, 6.45) is 3.79. The molecule has 0 aliphatic heterocycles. The summed E-state index contributed by atoms with van der Waals surface area (Å²) in [4.78, 5) is 3.28. The van der Waals surface area contributed by atoms with E-state index < -0.39 is 9.84 Å². The molecule has 4 nitrogen and oxygen atoms in total. The molecule has 1 aromatic heterocycles. The van der Waals surface area contributed by atoms with Crippen LogP contribution in [0.15, 0.2) is 35.7 Å². The molecule has 0 radical (unpaired) electrons. The Kier molecular flexibility index (Phi) is 3.64. The van der Waals surface area contributed by atoms with E-state index in [0.717, 1.165) is 11.9 Å². The van der Waals surface area contributed by atoms with Crippen molar-refractivity contribution in [3.05, 3.63) is 35.6 Å². The Morgan fingerprint density at radius 3 is 2.79 bits per heavy atom. The SMILES string of the molecule is C=CCC(C)n1c(=S)[nH]c2c(S(C)(=O)=O)cccc21. The number of hydrogen-bond donors (Lipinski definition) is 1. The molecule has 1 N–H and O–H groups in total. The summed E-state index contributed by atoms with van der Waals surface area (Å²) in [6.45, 7) is 5.75. The van der Waals surface area contributed by atoms with Gasteiger partial charge in [-0.25, -0.2) is 8.42 Å². The maximum atomic E-state index is 11.8. The maximum absolute atomic E-state index is 11.8. The molecule has 0 bridgehead atoms. The lowest BCUT2D eigenvalue weighted by atomic mass is 10.2. The number of imidazole rings is 1. The summed E-state index contributed by atoms with van der Waals surface area (Å²) in [6, 6.07) is 5.33. The highest BCUT2D eigenvalue weighted by Crippen LogP contribution is 2.26. The highest BCUT2D eigenvalue weighted by molar-refractivity contribution is 7.91. The summed E-state index contributed by atoms with van der Waals surface area (Å²) >= 11 is 5.30. The van der Waals surface area contributed by atoms with Gasteiger partial charge in [-0.1, -0.05) is 12.1 Å². The van der Waals surface area contributed by atoms with Gasteiger partial charge in [0.2, 0.25) is 0 Å². The molecular weight excluding hydrogens is 280 g/mol. The van der Waals surface area contributed by atoms with Crippen LogP contribution >= 0.6 is 12.2 Å². The molecule has 1 aromatic carbocycles. The molecule has 1 heterocycles. The average Bonchev–Trinajstić information content (AvgIpc) is 2.63. The number of nitrogens with zero attached hydrogens (tertiary/aromatic N) is 1. The summed E-state index contributed by atoms with van der Waals surface area (Å²) in [5.74, 6) is 0. The van der Waals surface area contributed by atoms with Crippen LogP contribution in [0.1, 0.15) is 19.4 Å². The highest BCUT2D eigenvalue weighted by Gasteiger charge is 2.17. The molecule has 0 amide bonds. The number of benzene rings is 1. The summed E-state index contributed by atoms with van der Waals surface area (Å²) in [5, 5.41) is 0. The zero-order valence-electron chi connectivity index (χ0n) is 10.9. The highest BCUT2D eigenvalue weighted by atomic mass is 32.2. The smallest absolute Gasteiger partial charge is 0.178 e. The van der Waals surface area contributed by atoms with Crippen molar-refractivity contribution in [2.75, 3.05) is 6.26 Å². The minimum atomic E-state index is -3.28. The lowest BCUT2D eigenvalue weighted by Crippen LogP contribution is -2.04. The number of allylic oxidation sites excluding steroid dienone is 1. The first kappa shape index (κ1) is 14.0. The van der Waals surface area contributed by atoms with Crippen molar-refractivity contribution in [2.24, 2.45) is 0 Å². The number of hydrogen-bond acceptors (Lipinski definition) is 3. The molecular formula is C13H16N2O2S2. The van der Waals surface area contributed by atoms with E-state index in [1.807, 2.05) is 23.6 Å². The van der Waals surface area contributed by atoms with Crippen molar-refractivity contribution in [1.29, 1.82) is 0 Å². The molecule has 2 aromatic rings. The van der Waals surface area contributed by atoms with E-state index in [2.05, 4.69) is 11.6 Å². The second-order valence-electron chi connectivity index (χ2n) is 4.60. The number of H-pyrrole nitrogens is 1. The Morgan fingerprint density at radius 1 is 1.53 bits per heavy atom. The van der Waals surface area contributed by atoms with Crippen LogP contribution in [0, 0.1) is 4.77 Å². The summed E-state index contributed by atoms with van der Waals surface area (Å²) < 4.78 is 26.0. The molecule has 0 aliphatic rings. The van der Waals surface area contributed by atoms with Gasteiger partial charge in [-0.2, -0.15) is 0 Å². The number of rotatable bonds is 4. The van der Waals surface area contributed by atoms with Gasteiger partial charge in [0.05, 0.1) is 15.9 Å². The van der Waals surface area contributed by atoms with Gasteiger partial charge in [0, 0.05) is 12.3 Å². The monoisotopic (exact) mass is 296 g/mol. The Bertz CT molecular complexity index is 785. The van der Waals surface area contributed by atoms with Gasteiger partial charge in [-0.3, -0.25) is 0 Å². The lowest BCUT2D eigenvalue weighted by Gasteiger charge is -2.12. The molecule has 0 saturated carbocycles. The second kappa shape index (κ2) is 4.94. The van der Waals surface area contributed by atoms with Crippen LogP contribution in [0.25, 0.3) is 11.0 Å². The number of aromatic amines is 1. The topological polar surface area (TPSA) is 54.9 Å². The number of para-hydroxylation sites is 1. The Balaban J connectivity index is 2.80. The molecule has 0 saturated heterocycles. The fraction of sp³-hybridized carbons (Fsp3) is 0.308.